The molecular formula is C38H29BF6N6O9. The molecule has 0 amide bonds. The lowest BCUT2D eigenvalue weighted by molar-refractivity contribution is -0.394. The number of phenolic OH excluding ortho intramolecular Hbond substituents is 1. The number of non-ortho nitro benzene ring substituents is 3. The second-order valence-electron chi connectivity index (χ2n) is 13.2. The summed E-state index contributed by atoms with van der Waals surface area (Å²) < 4.78 is 93.9. The Morgan fingerprint density at radius 1 is 0.733 bits per heavy atom. The molecule has 60 heavy (non-hydrogen) atoms. The van der Waals surface area contributed by atoms with Gasteiger partial charge in [0, 0.05) is 46.3 Å². The Morgan fingerprint density at radius 2 is 1.32 bits per heavy atom. The highest BCUT2D eigenvalue weighted by molar-refractivity contribution is 6.42. The van der Waals surface area contributed by atoms with Crippen LogP contribution in [0.2, 0.25) is 0 Å². The van der Waals surface area contributed by atoms with Crippen molar-refractivity contribution in [3.05, 3.63) is 162 Å². The molecule has 0 saturated heterocycles. The van der Waals surface area contributed by atoms with Gasteiger partial charge in [-0.05, 0) is 79.7 Å². The van der Waals surface area contributed by atoms with Crippen molar-refractivity contribution in [1.29, 1.82) is 0 Å². The van der Waals surface area contributed by atoms with Gasteiger partial charge in [-0.1, -0.05) is 19.9 Å². The highest BCUT2D eigenvalue weighted by Crippen LogP contribution is 2.44. The first-order chi connectivity index (χ1) is 28.2. The molecule has 1 N–H and O–H groups in total. The third kappa shape index (κ3) is 7.77. The van der Waals surface area contributed by atoms with Crippen LogP contribution >= 0.6 is 0 Å². The predicted molar refractivity (Wildman–Crippen MR) is 209 cm³/mol. The summed E-state index contributed by atoms with van der Waals surface area (Å²) in [6, 6.07) is 3.99. The summed E-state index contributed by atoms with van der Waals surface area (Å²) in [5.74, 6) is -8.86. The summed E-state index contributed by atoms with van der Waals surface area (Å²) in [5.41, 5.74) is -7.84. The molecule has 4 aromatic rings. The van der Waals surface area contributed by atoms with Crippen LogP contribution in [0.25, 0.3) is 23.8 Å². The zero-order chi connectivity index (χ0) is 44.7. The van der Waals surface area contributed by atoms with Gasteiger partial charge in [-0.25, -0.2) is 22.6 Å². The molecule has 0 bridgehead atoms. The zero-order valence-electron chi connectivity index (χ0n) is 31.9. The normalized spacial score (nSPS) is 13.8. The van der Waals surface area contributed by atoms with Crippen molar-refractivity contribution in [2.75, 3.05) is 0 Å². The number of aromatic hydroxyl groups is 1. The van der Waals surface area contributed by atoms with Gasteiger partial charge in [0.25, 0.3) is 17.1 Å². The summed E-state index contributed by atoms with van der Waals surface area (Å²) in [5, 5.41) is 56.7. The molecule has 0 fully saturated rings. The lowest BCUT2D eigenvalue weighted by atomic mass is 9.90. The number of rotatable bonds is 13. The highest BCUT2D eigenvalue weighted by Gasteiger charge is 2.37. The van der Waals surface area contributed by atoms with Crippen LogP contribution in [0, 0.1) is 77.6 Å². The molecule has 1 aliphatic rings. The number of nitro benzene ring substituents is 4. The first kappa shape index (κ1) is 43.7. The SMILES string of the molecule is CCC1=C(C)/C(=C(\c2c(F)c(C)c(F)c(F)c2F)c2c(C)c(CC)c(/C=C/c3cc([N+](=O)[O-])cc([N+](=O)[O-])c3O)n2B(F)F)N=C1/C=C/c1cc([N+](=O)[O-])cc([N+](=O)[O-])c1. The van der Waals surface area contributed by atoms with E-state index >= 15 is 21.8 Å². The molecule has 2 heterocycles. The van der Waals surface area contributed by atoms with Gasteiger partial charge in [-0.3, -0.25) is 49.1 Å². The van der Waals surface area contributed by atoms with Gasteiger partial charge in [0.1, 0.15) is 5.82 Å². The fourth-order valence-corrected chi connectivity index (χ4v) is 6.94. The molecule has 310 valence electrons. The Bertz CT molecular complexity index is 2660. The van der Waals surface area contributed by atoms with Crippen molar-refractivity contribution in [2.45, 2.75) is 47.5 Å². The Labute approximate surface area is 334 Å². The average molecular weight is 838 g/mol. The Kier molecular flexibility index (Phi) is 12.3. The van der Waals surface area contributed by atoms with Crippen molar-refractivity contribution in [1.82, 2.24) is 4.48 Å². The molecule has 0 unspecified atom stereocenters. The standard InChI is InChI=1S/C38H29BF6N6O9/c1-6-25-17(3)36(46-27(25)10-8-20-12-22(48(53)54)15-23(13-20)49(55)56)31(30-32(40)19(5)33(41)35(43)34(30)42)37-18(4)26(7-2)28(47(37)39(44)45)11-9-21-14-24(50(57)58)16-29(38(21)52)51(59)60/h8-16,52H,6-7H2,1-5H3/b10-8+,11-9+,36-31-. The fraction of sp³-hybridized carbons (Fsp3) is 0.184. The van der Waals surface area contributed by atoms with Gasteiger partial charge in [-0.15, -0.1) is 0 Å². The second kappa shape index (κ2) is 16.8. The molecule has 22 heteroatoms. The predicted octanol–water partition coefficient (Wildman–Crippen LogP) is 10.2. The monoisotopic (exact) mass is 838 g/mol. The van der Waals surface area contributed by atoms with Gasteiger partial charge in [0.05, 0.1) is 48.8 Å². The minimum atomic E-state index is -3.58. The molecule has 5 rings (SSSR count). The number of phenols is 1. The van der Waals surface area contributed by atoms with E-state index in [1.807, 2.05) is 0 Å². The van der Waals surface area contributed by atoms with Gasteiger partial charge in [0.2, 0.25) is 5.75 Å². The van der Waals surface area contributed by atoms with E-state index in [1.54, 1.807) is 6.92 Å². The summed E-state index contributed by atoms with van der Waals surface area (Å²) in [7, 11) is -3.58. The van der Waals surface area contributed by atoms with E-state index in [0.29, 0.717) is 11.6 Å². The molecule has 3 aromatic carbocycles. The van der Waals surface area contributed by atoms with E-state index in [-0.39, 0.29) is 45.3 Å². The maximum Gasteiger partial charge on any atom is 0.678 e. The van der Waals surface area contributed by atoms with Crippen LogP contribution in [0.1, 0.15) is 72.0 Å². The molecule has 0 radical (unpaired) electrons. The topological polar surface area (TPSA) is 210 Å². The van der Waals surface area contributed by atoms with Crippen molar-refractivity contribution >= 4 is 59.7 Å². The molecule has 0 saturated carbocycles. The van der Waals surface area contributed by atoms with Crippen LogP contribution in [0.3, 0.4) is 0 Å². The maximum atomic E-state index is 16.3. The van der Waals surface area contributed by atoms with Crippen molar-refractivity contribution < 1.29 is 51.0 Å². The number of hydrogen-bond donors (Lipinski definition) is 1. The van der Waals surface area contributed by atoms with Crippen molar-refractivity contribution in [2.24, 2.45) is 4.99 Å². The van der Waals surface area contributed by atoms with Crippen LogP contribution in [0.5, 0.6) is 5.75 Å². The summed E-state index contributed by atoms with van der Waals surface area (Å²) in [6.45, 7) is 6.63. The second-order valence-corrected chi connectivity index (χ2v) is 13.2. The van der Waals surface area contributed by atoms with E-state index in [4.69, 9.17) is 0 Å². The van der Waals surface area contributed by atoms with Crippen molar-refractivity contribution in [3.63, 3.8) is 0 Å². The lowest BCUT2D eigenvalue weighted by Gasteiger charge is -2.19. The Balaban J connectivity index is 1.90. The minimum Gasteiger partial charge on any atom is -0.502 e. The Morgan fingerprint density at radius 3 is 1.83 bits per heavy atom. The first-order valence-corrected chi connectivity index (χ1v) is 17.5. The van der Waals surface area contributed by atoms with E-state index < -0.39 is 118 Å². The molecule has 1 aliphatic heterocycles. The summed E-state index contributed by atoms with van der Waals surface area (Å²) in [6.07, 6.45) is 4.31. The third-order valence-electron chi connectivity index (χ3n) is 9.79. The molecule has 1 aromatic heterocycles. The van der Waals surface area contributed by atoms with Gasteiger partial charge < -0.3 is 9.58 Å². The highest BCUT2D eigenvalue weighted by atomic mass is 19.2. The number of nitrogens with zero attached hydrogens (tertiary/aromatic N) is 6. The lowest BCUT2D eigenvalue weighted by Crippen LogP contribution is -2.20. The first-order valence-electron chi connectivity index (χ1n) is 17.5. The number of aromatic nitrogens is 1. The van der Waals surface area contributed by atoms with Crippen LogP contribution in [0.15, 0.2) is 58.2 Å². The van der Waals surface area contributed by atoms with E-state index in [0.717, 1.165) is 43.3 Å². The molecular weight excluding hydrogens is 809 g/mol. The van der Waals surface area contributed by atoms with Crippen LogP contribution in [-0.2, 0) is 6.42 Å². The quantitative estimate of drug-likeness (QED) is 0.0338. The number of aliphatic imine (C=N–C) groups is 1. The number of benzene rings is 3. The molecule has 15 nitrogen and oxygen atoms in total. The van der Waals surface area contributed by atoms with E-state index in [2.05, 4.69) is 4.99 Å². The summed E-state index contributed by atoms with van der Waals surface area (Å²) in [4.78, 5) is 46.8. The van der Waals surface area contributed by atoms with Gasteiger partial charge >= 0.3 is 13.1 Å². The van der Waals surface area contributed by atoms with E-state index in [1.165, 1.54) is 32.9 Å². The molecule has 0 aliphatic carbocycles. The number of halogens is 6. The van der Waals surface area contributed by atoms with E-state index in [9.17, 15) is 50.0 Å². The molecule has 0 spiro atoms. The van der Waals surface area contributed by atoms with Gasteiger partial charge in [0.15, 0.2) is 17.5 Å². The maximum absolute atomic E-state index is 16.3. The van der Waals surface area contributed by atoms with Gasteiger partial charge in [-0.2, -0.15) is 0 Å². The number of nitro groups is 4. The van der Waals surface area contributed by atoms with Crippen LogP contribution < -0.4 is 0 Å². The van der Waals surface area contributed by atoms with Crippen LogP contribution in [0.4, 0.5) is 48.9 Å². The van der Waals surface area contributed by atoms with Crippen molar-refractivity contribution in [3.8, 4) is 5.75 Å². The Hall–Kier alpha value is -7.39. The summed E-state index contributed by atoms with van der Waals surface area (Å²) >= 11 is 0. The smallest absolute Gasteiger partial charge is 0.502 e. The number of hydrogen-bond acceptors (Lipinski definition) is 10. The largest absolute Gasteiger partial charge is 0.678 e. The number of allylic oxidation sites excluding steroid dienone is 3. The zero-order valence-corrected chi connectivity index (χ0v) is 31.9. The fourth-order valence-electron chi connectivity index (χ4n) is 6.94. The van der Waals surface area contributed by atoms with Crippen LogP contribution in [-0.4, -0.2) is 42.4 Å². The molecule has 0 atom stereocenters. The third-order valence-corrected chi connectivity index (χ3v) is 9.79. The average Bonchev–Trinajstić information content (AvgIpc) is 3.67. The minimum absolute atomic E-state index is 0.00293.